The van der Waals surface area contributed by atoms with Crippen molar-refractivity contribution in [3.63, 3.8) is 0 Å². The fraction of sp³-hybridized carbons (Fsp3) is 0.429. The van der Waals surface area contributed by atoms with E-state index < -0.39 is 15.9 Å². The minimum absolute atomic E-state index is 0.0687. The minimum Gasteiger partial charge on any atom is -0.477 e. The Balaban J connectivity index is 1.62. The number of aromatic nitrogens is 3. The first-order valence-electron chi connectivity index (χ1n) is 15.6. The van der Waals surface area contributed by atoms with Gasteiger partial charge in [0.1, 0.15) is 6.26 Å². The van der Waals surface area contributed by atoms with Crippen LogP contribution in [0.1, 0.15) is 54.4 Å². The molecule has 1 N–H and O–H groups in total. The summed E-state index contributed by atoms with van der Waals surface area (Å²) in [5.41, 5.74) is 4.07. The zero-order chi connectivity index (χ0) is 33.9. The zero-order valence-electron chi connectivity index (χ0n) is 28.0. The van der Waals surface area contributed by atoms with Gasteiger partial charge in [0, 0.05) is 56.2 Å². The van der Waals surface area contributed by atoms with Crippen molar-refractivity contribution in [2.24, 2.45) is 17.3 Å². The van der Waals surface area contributed by atoms with E-state index in [0.29, 0.717) is 37.0 Å². The summed E-state index contributed by atoms with van der Waals surface area (Å²) >= 11 is 0. The predicted octanol–water partition coefficient (Wildman–Crippen LogP) is 6.12. The summed E-state index contributed by atoms with van der Waals surface area (Å²) in [4.78, 5) is 30.0. The molecule has 4 bridgehead atoms. The van der Waals surface area contributed by atoms with Crippen LogP contribution in [0.25, 0.3) is 11.3 Å². The number of likely N-dealkylation sites (N-methyl/N-ethyl adjacent to an activating group) is 1. The molecule has 2 atom stereocenters. The molecular formula is C35H43N5O6S. The summed E-state index contributed by atoms with van der Waals surface area (Å²) in [5, 5.41) is 0. The Hall–Kier alpha value is -4.29. The number of sulfonamides is 1. The Morgan fingerprint density at radius 1 is 1.04 bits per heavy atom. The van der Waals surface area contributed by atoms with E-state index >= 15 is 0 Å². The van der Waals surface area contributed by atoms with E-state index in [4.69, 9.17) is 13.9 Å². The molecule has 5 rings (SSSR count). The van der Waals surface area contributed by atoms with Crippen molar-refractivity contribution in [3.8, 4) is 17.1 Å². The molecule has 0 saturated carbocycles. The maximum absolute atomic E-state index is 14.4. The van der Waals surface area contributed by atoms with E-state index in [1.165, 1.54) is 12.1 Å². The van der Waals surface area contributed by atoms with E-state index in [-0.39, 0.29) is 52.4 Å². The van der Waals surface area contributed by atoms with Gasteiger partial charge >= 0.3 is 0 Å². The number of hydrogen-bond acceptors (Lipinski definition) is 10. The highest BCUT2D eigenvalue weighted by atomic mass is 32.2. The molecular weight excluding hydrogens is 618 g/mol. The second kappa shape index (κ2) is 13.8. The molecule has 4 aromatic rings. The number of carbonyl (C=O) groups excluding carboxylic acids is 1. The van der Waals surface area contributed by atoms with Crippen LogP contribution in [0.5, 0.6) is 5.88 Å². The minimum atomic E-state index is -4.16. The number of rotatable bonds is 8. The van der Waals surface area contributed by atoms with E-state index in [9.17, 15) is 13.2 Å². The van der Waals surface area contributed by atoms with Crippen LogP contribution >= 0.6 is 0 Å². The second-order valence-electron chi connectivity index (χ2n) is 13.4. The number of ether oxygens (including phenoxy) is 2. The van der Waals surface area contributed by atoms with Gasteiger partial charge in [0.2, 0.25) is 11.8 Å². The van der Waals surface area contributed by atoms with E-state index in [1.807, 2.05) is 44.0 Å². The molecule has 0 radical (unpaired) electrons. The molecule has 0 amide bonds. The SMILES string of the molecule is COCCN(C)c1nc(CC2C(=O)c3cccc(c3)S(=O)(=O)Nc3nc(cc(-c4c(C)cccc4C)n3)OC[C@H]2CC(C)(C)C)co1. The van der Waals surface area contributed by atoms with Gasteiger partial charge in [0.05, 0.1) is 29.5 Å². The molecule has 0 spiro atoms. The number of nitrogens with one attached hydrogen (secondary N) is 1. The molecule has 3 heterocycles. The normalized spacial score (nSPS) is 17.9. The molecule has 1 aliphatic heterocycles. The van der Waals surface area contributed by atoms with Gasteiger partial charge in [0.15, 0.2) is 5.78 Å². The van der Waals surface area contributed by atoms with Crippen LogP contribution in [0.3, 0.4) is 0 Å². The zero-order valence-corrected chi connectivity index (χ0v) is 28.8. The van der Waals surface area contributed by atoms with Crippen molar-refractivity contribution in [1.29, 1.82) is 0 Å². The molecule has 47 heavy (non-hydrogen) atoms. The lowest BCUT2D eigenvalue weighted by atomic mass is 9.74. The van der Waals surface area contributed by atoms with Crippen LogP contribution in [-0.4, -0.2) is 63.1 Å². The van der Waals surface area contributed by atoms with Crippen molar-refractivity contribution in [2.75, 3.05) is 43.5 Å². The van der Waals surface area contributed by atoms with Crippen molar-refractivity contribution >= 4 is 27.8 Å². The Kier molecular flexibility index (Phi) is 10.0. The number of fused-ring (bicyclic) bond motifs is 4. The number of Topliss-reactive ketones (excluding diaryl/α,β-unsaturated/α-hetero) is 1. The number of hydrogen-bond donors (Lipinski definition) is 1. The average molecular weight is 662 g/mol. The molecule has 11 nitrogen and oxygen atoms in total. The Bertz CT molecular complexity index is 1830. The molecule has 2 aromatic carbocycles. The number of ketones is 1. The predicted molar refractivity (Wildman–Crippen MR) is 180 cm³/mol. The largest absolute Gasteiger partial charge is 0.477 e. The third kappa shape index (κ3) is 8.17. The average Bonchev–Trinajstić information content (AvgIpc) is 3.48. The van der Waals surface area contributed by atoms with Crippen LogP contribution in [0.4, 0.5) is 12.0 Å². The highest BCUT2D eigenvalue weighted by molar-refractivity contribution is 7.92. The van der Waals surface area contributed by atoms with Crippen LogP contribution in [0.2, 0.25) is 0 Å². The molecule has 2 aromatic heterocycles. The van der Waals surface area contributed by atoms with Gasteiger partial charge in [0.25, 0.3) is 16.0 Å². The maximum atomic E-state index is 14.4. The van der Waals surface area contributed by atoms with Crippen LogP contribution in [0.15, 0.2) is 64.1 Å². The Morgan fingerprint density at radius 3 is 2.47 bits per heavy atom. The Labute approximate surface area is 276 Å². The topological polar surface area (TPSA) is 137 Å². The first-order chi connectivity index (χ1) is 22.2. The lowest BCUT2D eigenvalue weighted by molar-refractivity contribution is 0.0769. The maximum Gasteiger partial charge on any atom is 0.297 e. The summed E-state index contributed by atoms with van der Waals surface area (Å²) in [6.07, 6.45) is 2.47. The molecule has 0 saturated heterocycles. The first-order valence-corrected chi connectivity index (χ1v) is 17.1. The van der Waals surface area contributed by atoms with Gasteiger partial charge in [-0.3, -0.25) is 4.79 Å². The summed E-state index contributed by atoms with van der Waals surface area (Å²) in [5.74, 6) is -1.01. The van der Waals surface area contributed by atoms with Crippen molar-refractivity contribution in [3.05, 3.63) is 77.2 Å². The van der Waals surface area contributed by atoms with E-state index in [2.05, 4.69) is 40.4 Å². The second-order valence-corrected chi connectivity index (χ2v) is 15.0. The van der Waals surface area contributed by atoms with Gasteiger partial charge in [-0.2, -0.15) is 9.97 Å². The monoisotopic (exact) mass is 661 g/mol. The van der Waals surface area contributed by atoms with Gasteiger partial charge < -0.3 is 18.8 Å². The molecule has 1 unspecified atom stereocenters. The molecule has 0 fully saturated rings. The molecule has 12 heteroatoms. The number of nitrogens with zero attached hydrogens (tertiary/aromatic N) is 4. The van der Waals surface area contributed by atoms with Crippen LogP contribution in [-0.2, 0) is 21.2 Å². The van der Waals surface area contributed by atoms with Gasteiger partial charge in [-0.15, -0.1) is 0 Å². The number of anilines is 2. The number of carbonyl (C=O) groups is 1. The van der Waals surface area contributed by atoms with Crippen LogP contribution in [0, 0.1) is 31.1 Å². The van der Waals surface area contributed by atoms with Crippen molar-refractivity contribution in [2.45, 2.75) is 52.4 Å². The fourth-order valence-electron chi connectivity index (χ4n) is 5.99. The quantitative estimate of drug-likeness (QED) is 0.235. The van der Waals surface area contributed by atoms with Crippen molar-refractivity contribution < 1.29 is 27.1 Å². The van der Waals surface area contributed by atoms with Gasteiger partial charge in [-0.1, -0.05) is 51.1 Å². The highest BCUT2D eigenvalue weighted by Gasteiger charge is 2.35. The molecule has 0 aliphatic carbocycles. The summed E-state index contributed by atoms with van der Waals surface area (Å²) in [7, 11) is -0.670. The summed E-state index contributed by atoms with van der Waals surface area (Å²) < 4.78 is 47.2. The Morgan fingerprint density at radius 2 is 1.77 bits per heavy atom. The van der Waals surface area contributed by atoms with Gasteiger partial charge in [-0.05, 0) is 48.9 Å². The highest BCUT2D eigenvalue weighted by Crippen LogP contribution is 2.35. The van der Waals surface area contributed by atoms with E-state index in [1.54, 1.807) is 31.6 Å². The van der Waals surface area contributed by atoms with Gasteiger partial charge in [-0.25, -0.2) is 18.1 Å². The number of methoxy groups -OCH3 is 1. The molecule has 1 aliphatic rings. The summed E-state index contributed by atoms with van der Waals surface area (Å²) in [6, 6.07) is 14.1. The third-order valence-electron chi connectivity index (χ3n) is 8.25. The fourth-order valence-corrected chi connectivity index (χ4v) is 6.97. The smallest absolute Gasteiger partial charge is 0.297 e. The number of oxazole rings is 1. The lowest BCUT2D eigenvalue weighted by Gasteiger charge is -2.31. The summed E-state index contributed by atoms with van der Waals surface area (Å²) in [6.45, 7) is 11.5. The van der Waals surface area contributed by atoms with Crippen LogP contribution < -0.4 is 14.4 Å². The number of benzene rings is 2. The standard InChI is InChI=1S/C35H43N5O6S/c1-22-10-8-11-23(2)31(22)29-18-30-38-33(37-29)39-47(42,43)27-13-9-12-24(16-27)32(41)28(25(20-45-30)19-35(3,4)5)17-26-21-46-34(36-26)40(6)14-15-44-7/h8-13,16,18,21,25,28H,14-15,17,19-20H2,1-7H3,(H,37,38,39)/t25-,28?/m1/s1. The molecule has 250 valence electrons. The van der Waals surface area contributed by atoms with E-state index in [0.717, 1.165) is 16.7 Å². The van der Waals surface area contributed by atoms with Crippen molar-refractivity contribution in [1.82, 2.24) is 15.0 Å². The number of aryl methyl sites for hydroxylation is 2. The first kappa shape index (κ1) is 34.1. The lowest BCUT2D eigenvalue weighted by Crippen LogP contribution is -2.33. The third-order valence-corrected chi connectivity index (χ3v) is 9.57.